The predicted octanol–water partition coefficient (Wildman–Crippen LogP) is 4.30. The smallest absolute Gasteiger partial charge is 0.251 e. The van der Waals surface area contributed by atoms with Gasteiger partial charge in [-0.15, -0.1) is 0 Å². The summed E-state index contributed by atoms with van der Waals surface area (Å²) in [5.74, 6) is -0.201. The van der Waals surface area contributed by atoms with Gasteiger partial charge in [0.25, 0.3) is 10.3 Å². The van der Waals surface area contributed by atoms with Crippen molar-refractivity contribution >= 4 is 46.3 Å². The summed E-state index contributed by atoms with van der Waals surface area (Å²) in [6.45, 7) is 3.91. The molecule has 0 radical (unpaired) electrons. The molecule has 2 aromatic carbocycles. The second kappa shape index (κ2) is 14.1. The first-order chi connectivity index (χ1) is 12.5. The molecule has 2 aromatic rings. The summed E-state index contributed by atoms with van der Waals surface area (Å²) in [7, 11) is 0. The molecule has 0 saturated heterocycles. The number of aliphatic hydroxyl groups is 3. The van der Waals surface area contributed by atoms with E-state index >= 15 is 0 Å². The van der Waals surface area contributed by atoms with Gasteiger partial charge < -0.3 is 26.8 Å². The molecule has 0 heterocycles. The molecule has 0 saturated carbocycles. The molecule has 0 fully saturated rings. The van der Waals surface area contributed by atoms with E-state index < -0.39 is 10.3 Å². The number of allylic oxidation sites excluding steroid dienone is 1. The number of aryl methyl sites for hydroxylation is 2. The first kappa shape index (κ1) is 27.3. The molecule has 0 aliphatic heterocycles. The van der Waals surface area contributed by atoms with Crippen molar-refractivity contribution in [1.29, 1.82) is 0 Å². The van der Waals surface area contributed by atoms with Gasteiger partial charge in [0.1, 0.15) is 5.76 Å². The second-order valence-corrected chi connectivity index (χ2v) is 6.14. The molecule has 0 amide bonds. The van der Waals surface area contributed by atoms with Crippen LogP contribution in [-0.4, -0.2) is 31.5 Å². The average molecular weight is 423 g/mol. The van der Waals surface area contributed by atoms with E-state index in [0.29, 0.717) is 11.1 Å². The molecule has 8 heteroatoms. The van der Waals surface area contributed by atoms with Crippen LogP contribution in [0.4, 0.5) is 0 Å². The number of nitrogens with two attached hydrogens (primary N) is 2. The number of carbonyl (C=O) groups is 1. The summed E-state index contributed by atoms with van der Waals surface area (Å²) < 4.78 is 0. The Labute approximate surface area is 176 Å². The Bertz CT molecular complexity index is 799. The molecular weight excluding hydrogens is 396 g/mol. The molecule has 0 aliphatic carbocycles. The van der Waals surface area contributed by atoms with E-state index in [1.165, 1.54) is 6.08 Å². The van der Waals surface area contributed by atoms with Crippen molar-refractivity contribution < 1.29 is 20.1 Å². The van der Waals surface area contributed by atoms with Gasteiger partial charge in [-0.3, -0.25) is 4.79 Å². The lowest BCUT2D eigenvalue weighted by Crippen LogP contribution is -2.03. The summed E-state index contributed by atoms with van der Waals surface area (Å²) in [4.78, 5) is 12.0. The van der Waals surface area contributed by atoms with Crippen LogP contribution in [-0.2, 0) is 0 Å². The first-order valence-corrected chi connectivity index (χ1v) is 8.40. The van der Waals surface area contributed by atoms with E-state index in [-0.39, 0.29) is 19.0 Å². The van der Waals surface area contributed by atoms with Crippen LogP contribution >= 0.6 is 24.4 Å². The maximum atomic E-state index is 12.0. The van der Waals surface area contributed by atoms with Gasteiger partial charge in [0.05, 0.1) is 0 Å². The van der Waals surface area contributed by atoms with Gasteiger partial charge in [0.2, 0.25) is 0 Å². The van der Waals surface area contributed by atoms with Crippen LogP contribution in [0.3, 0.4) is 0 Å². The standard InChI is InChI=1S/C17H16O2.2CH3NOS.CH4/c1-12-6-8-14(9-7-12)16(18)11-17(19)15-5-3-4-13(2)10-15;2*2-1(3)4;/h3-11,18H,1-2H3;2*(H3,2,3,4);1H4. The monoisotopic (exact) mass is 422 g/mol. The van der Waals surface area contributed by atoms with E-state index in [9.17, 15) is 9.90 Å². The number of rotatable bonds is 3. The number of ketones is 1. The minimum atomic E-state index is -0.500. The van der Waals surface area contributed by atoms with Crippen LogP contribution in [0, 0.1) is 13.8 Å². The lowest BCUT2D eigenvalue weighted by molar-refractivity contribution is 0.104. The minimum absolute atomic E-state index is 0. The number of benzene rings is 2. The van der Waals surface area contributed by atoms with E-state index in [1.54, 1.807) is 24.3 Å². The fourth-order valence-electron chi connectivity index (χ4n) is 1.81. The third-order valence-corrected chi connectivity index (χ3v) is 2.92. The molecule has 0 bridgehead atoms. The molecule has 28 heavy (non-hydrogen) atoms. The van der Waals surface area contributed by atoms with Crippen LogP contribution in [0.15, 0.2) is 54.6 Å². The molecule has 2 rings (SSSR count). The Morgan fingerprint density at radius 1 is 0.857 bits per heavy atom. The Hall–Kier alpha value is -2.97. The molecule has 0 atom stereocenters. The van der Waals surface area contributed by atoms with Crippen molar-refractivity contribution in [2.45, 2.75) is 21.3 Å². The Kier molecular flexibility index (Phi) is 13.8. The van der Waals surface area contributed by atoms with Gasteiger partial charge in [-0.2, -0.15) is 0 Å². The van der Waals surface area contributed by atoms with Gasteiger partial charge in [-0.1, -0.05) is 61.0 Å². The number of carbonyl (C=O) groups excluding carboxylic acids is 1. The zero-order valence-corrected chi connectivity index (χ0v) is 16.6. The van der Waals surface area contributed by atoms with Crippen molar-refractivity contribution in [3.8, 4) is 0 Å². The van der Waals surface area contributed by atoms with E-state index in [0.717, 1.165) is 11.1 Å². The quantitative estimate of drug-likeness (QED) is 0.214. The molecule has 0 aromatic heterocycles. The van der Waals surface area contributed by atoms with Crippen molar-refractivity contribution in [1.82, 2.24) is 0 Å². The molecule has 152 valence electrons. The minimum Gasteiger partial charge on any atom is -0.507 e. The fraction of sp³-hybridized carbons (Fsp3) is 0.150. The molecule has 6 nitrogen and oxygen atoms in total. The summed E-state index contributed by atoms with van der Waals surface area (Å²) >= 11 is 7.74. The number of hydrogen-bond acceptors (Lipinski definition) is 4. The molecule has 7 N–H and O–H groups in total. The van der Waals surface area contributed by atoms with Crippen LogP contribution in [0.1, 0.15) is 34.5 Å². The second-order valence-electron chi connectivity index (χ2n) is 5.31. The number of thiocarbonyl (C=S) groups is 2. The van der Waals surface area contributed by atoms with E-state index in [1.807, 2.05) is 38.1 Å². The number of hydrogen-bond donors (Lipinski definition) is 5. The van der Waals surface area contributed by atoms with Crippen molar-refractivity contribution in [2.24, 2.45) is 11.5 Å². The Morgan fingerprint density at radius 2 is 1.32 bits per heavy atom. The van der Waals surface area contributed by atoms with Crippen molar-refractivity contribution in [3.05, 3.63) is 76.9 Å². The van der Waals surface area contributed by atoms with Crippen molar-refractivity contribution in [2.75, 3.05) is 0 Å². The van der Waals surface area contributed by atoms with E-state index in [2.05, 4.69) is 35.9 Å². The van der Waals surface area contributed by atoms with Crippen LogP contribution < -0.4 is 11.5 Å². The first-order valence-electron chi connectivity index (χ1n) is 7.58. The van der Waals surface area contributed by atoms with E-state index in [4.69, 9.17) is 10.2 Å². The van der Waals surface area contributed by atoms with Crippen LogP contribution in [0.25, 0.3) is 5.76 Å². The Morgan fingerprint density at radius 3 is 1.75 bits per heavy atom. The Balaban J connectivity index is 0. The maximum absolute atomic E-state index is 12.0. The van der Waals surface area contributed by atoms with Gasteiger partial charge in [-0.25, -0.2) is 0 Å². The van der Waals surface area contributed by atoms with Gasteiger partial charge in [0, 0.05) is 17.2 Å². The highest BCUT2D eigenvalue weighted by atomic mass is 32.1. The van der Waals surface area contributed by atoms with Crippen LogP contribution in [0.5, 0.6) is 0 Å². The van der Waals surface area contributed by atoms with Crippen LogP contribution in [0.2, 0.25) is 0 Å². The van der Waals surface area contributed by atoms with Gasteiger partial charge in [-0.05, 0) is 44.3 Å². The fourth-order valence-corrected chi connectivity index (χ4v) is 1.81. The SMILES string of the molecule is C.Cc1ccc(C(O)=CC(=O)c2cccc(C)c2)cc1.NC(O)=S.NC(O)=S. The predicted molar refractivity (Wildman–Crippen MR) is 123 cm³/mol. The third-order valence-electron chi connectivity index (χ3n) is 2.92. The molecule has 0 unspecified atom stereocenters. The van der Waals surface area contributed by atoms with Gasteiger partial charge >= 0.3 is 0 Å². The topological polar surface area (TPSA) is 130 Å². The highest BCUT2D eigenvalue weighted by Crippen LogP contribution is 2.14. The highest BCUT2D eigenvalue weighted by Gasteiger charge is 2.06. The summed E-state index contributed by atoms with van der Waals surface area (Å²) in [5, 5.41) is 24.1. The van der Waals surface area contributed by atoms with Gasteiger partial charge in [0.15, 0.2) is 5.78 Å². The largest absolute Gasteiger partial charge is 0.507 e. The molecule has 0 aliphatic rings. The summed E-state index contributed by atoms with van der Waals surface area (Å²) in [5.41, 5.74) is 12.2. The molecule has 0 spiro atoms. The van der Waals surface area contributed by atoms with Crippen molar-refractivity contribution in [3.63, 3.8) is 0 Å². The summed E-state index contributed by atoms with van der Waals surface area (Å²) in [6.07, 6.45) is 1.26. The zero-order chi connectivity index (χ0) is 21.0. The lowest BCUT2D eigenvalue weighted by atomic mass is 10.1. The third kappa shape index (κ3) is 13.3. The normalized spacial score (nSPS) is 9.43. The summed E-state index contributed by atoms with van der Waals surface area (Å²) in [6, 6.07) is 14.7. The number of aliphatic hydroxyl groups excluding tert-OH is 3. The highest BCUT2D eigenvalue weighted by molar-refractivity contribution is 7.80. The molecular formula is C20H26N2O4S2. The maximum Gasteiger partial charge on any atom is 0.251 e. The zero-order valence-electron chi connectivity index (χ0n) is 14.9. The lowest BCUT2D eigenvalue weighted by Gasteiger charge is -2.02. The average Bonchev–Trinajstić information content (AvgIpc) is 2.54.